The zero-order valence-corrected chi connectivity index (χ0v) is 13.9. The molecule has 124 valence electrons. The molecular weight excluding hydrogens is 403 g/mol. The molecule has 0 aliphatic heterocycles. The summed E-state index contributed by atoms with van der Waals surface area (Å²) in [5, 5.41) is 0. The van der Waals surface area contributed by atoms with Crippen LogP contribution in [0.4, 0.5) is 13.2 Å². The second kappa shape index (κ2) is 6.36. The van der Waals surface area contributed by atoms with Gasteiger partial charge < -0.3 is 9.47 Å². The summed E-state index contributed by atoms with van der Waals surface area (Å²) in [5.74, 6) is -1.11. The number of hydrogen-bond acceptors (Lipinski definition) is 5. The largest absolute Gasteiger partial charge is 0.573 e. The fourth-order valence-corrected chi connectivity index (χ4v) is 2.41. The molecule has 1 aromatic carbocycles. The molecule has 1 aromatic heterocycles. The van der Waals surface area contributed by atoms with Crippen molar-refractivity contribution in [3.05, 3.63) is 41.0 Å². The number of sulfone groups is 1. The SMILES string of the molecule is CS(=O)(=O)c1ccc(OC(F)(F)F)c(Oc2ccc(Br)cn2)c1. The lowest BCUT2D eigenvalue weighted by Gasteiger charge is -2.14. The quantitative estimate of drug-likeness (QED) is 0.762. The molecule has 0 unspecified atom stereocenters. The van der Waals surface area contributed by atoms with Crippen LogP contribution in [0.5, 0.6) is 17.4 Å². The van der Waals surface area contributed by atoms with Crippen molar-refractivity contribution in [1.82, 2.24) is 4.98 Å². The number of pyridine rings is 1. The summed E-state index contributed by atoms with van der Waals surface area (Å²) < 4.78 is 70.1. The van der Waals surface area contributed by atoms with E-state index in [1.54, 1.807) is 6.07 Å². The Morgan fingerprint density at radius 3 is 2.35 bits per heavy atom. The molecule has 0 radical (unpaired) electrons. The molecule has 23 heavy (non-hydrogen) atoms. The highest BCUT2D eigenvalue weighted by Crippen LogP contribution is 2.36. The first-order valence-electron chi connectivity index (χ1n) is 5.94. The molecule has 0 fully saturated rings. The third kappa shape index (κ3) is 5.10. The van der Waals surface area contributed by atoms with Crippen LogP contribution in [0.1, 0.15) is 0 Å². The fraction of sp³-hybridized carbons (Fsp3) is 0.154. The van der Waals surface area contributed by atoms with Gasteiger partial charge in [0.2, 0.25) is 5.88 Å². The lowest BCUT2D eigenvalue weighted by atomic mass is 10.3. The Morgan fingerprint density at radius 2 is 1.83 bits per heavy atom. The van der Waals surface area contributed by atoms with Gasteiger partial charge in [-0.15, -0.1) is 13.2 Å². The molecule has 0 saturated heterocycles. The van der Waals surface area contributed by atoms with Gasteiger partial charge in [-0.2, -0.15) is 0 Å². The summed E-state index contributed by atoms with van der Waals surface area (Å²) in [5.41, 5.74) is 0. The number of hydrogen-bond donors (Lipinski definition) is 0. The zero-order valence-electron chi connectivity index (χ0n) is 11.5. The number of aromatic nitrogens is 1. The van der Waals surface area contributed by atoms with Crippen molar-refractivity contribution in [3.63, 3.8) is 0 Å². The molecule has 0 atom stereocenters. The van der Waals surface area contributed by atoms with Crippen LogP contribution in [0, 0.1) is 0 Å². The van der Waals surface area contributed by atoms with Gasteiger partial charge in [0, 0.05) is 29.1 Å². The minimum absolute atomic E-state index is 0.0223. The van der Waals surface area contributed by atoms with E-state index >= 15 is 0 Å². The van der Waals surface area contributed by atoms with E-state index < -0.39 is 27.7 Å². The second-order valence-electron chi connectivity index (χ2n) is 4.35. The Labute approximate surface area is 138 Å². The summed E-state index contributed by atoms with van der Waals surface area (Å²) in [6.07, 6.45) is -2.65. The number of halogens is 4. The topological polar surface area (TPSA) is 65.5 Å². The summed E-state index contributed by atoms with van der Waals surface area (Å²) in [4.78, 5) is 3.64. The average molecular weight is 412 g/mol. The summed E-state index contributed by atoms with van der Waals surface area (Å²) >= 11 is 3.15. The van der Waals surface area contributed by atoms with Crippen molar-refractivity contribution in [1.29, 1.82) is 0 Å². The van der Waals surface area contributed by atoms with Crippen LogP contribution < -0.4 is 9.47 Å². The lowest BCUT2D eigenvalue weighted by molar-refractivity contribution is -0.275. The van der Waals surface area contributed by atoms with Crippen molar-refractivity contribution < 1.29 is 31.1 Å². The molecule has 0 aliphatic rings. The average Bonchev–Trinajstić information content (AvgIpc) is 2.40. The number of rotatable bonds is 4. The first kappa shape index (κ1) is 17.5. The van der Waals surface area contributed by atoms with Crippen molar-refractivity contribution in [2.45, 2.75) is 11.3 Å². The van der Waals surface area contributed by atoms with Gasteiger partial charge in [0.25, 0.3) is 0 Å². The molecule has 0 aliphatic carbocycles. The summed E-state index contributed by atoms with van der Waals surface area (Å²) in [6, 6.07) is 5.78. The molecule has 0 spiro atoms. The van der Waals surface area contributed by atoms with Crippen LogP contribution in [-0.2, 0) is 9.84 Å². The minimum atomic E-state index is -4.95. The van der Waals surface area contributed by atoms with Crippen molar-refractivity contribution in [2.75, 3.05) is 6.26 Å². The van der Waals surface area contributed by atoms with Gasteiger partial charge in [-0.05, 0) is 34.1 Å². The molecule has 0 N–H and O–H groups in total. The van der Waals surface area contributed by atoms with E-state index in [0.717, 1.165) is 24.5 Å². The van der Waals surface area contributed by atoms with Crippen molar-refractivity contribution >= 4 is 25.8 Å². The van der Waals surface area contributed by atoms with Gasteiger partial charge in [-0.25, -0.2) is 13.4 Å². The minimum Gasteiger partial charge on any atom is -0.435 e. The van der Waals surface area contributed by atoms with Crippen LogP contribution in [0.15, 0.2) is 45.9 Å². The first-order valence-corrected chi connectivity index (χ1v) is 8.62. The first-order chi connectivity index (χ1) is 10.5. The van der Waals surface area contributed by atoms with E-state index in [-0.39, 0.29) is 10.8 Å². The molecule has 2 rings (SSSR count). The molecule has 0 bridgehead atoms. The molecule has 1 heterocycles. The Bertz CT molecular complexity index is 807. The highest BCUT2D eigenvalue weighted by atomic mass is 79.9. The van der Waals surface area contributed by atoms with E-state index in [2.05, 4.69) is 25.7 Å². The van der Waals surface area contributed by atoms with Crippen LogP contribution in [-0.4, -0.2) is 26.0 Å². The fourth-order valence-electron chi connectivity index (χ4n) is 1.54. The monoisotopic (exact) mass is 411 g/mol. The Hall–Kier alpha value is -1.81. The zero-order chi connectivity index (χ0) is 17.3. The van der Waals surface area contributed by atoms with Gasteiger partial charge >= 0.3 is 6.36 Å². The van der Waals surface area contributed by atoms with E-state index in [1.807, 2.05) is 0 Å². The summed E-state index contributed by atoms with van der Waals surface area (Å²) in [7, 11) is -3.63. The molecule has 0 saturated carbocycles. The van der Waals surface area contributed by atoms with Gasteiger partial charge in [-0.1, -0.05) is 0 Å². The smallest absolute Gasteiger partial charge is 0.435 e. The maximum Gasteiger partial charge on any atom is 0.573 e. The number of benzene rings is 1. The molecular formula is C13H9BrF3NO4S. The number of alkyl halides is 3. The normalized spacial score (nSPS) is 12.0. The maximum atomic E-state index is 12.4. The van der Waals surface area contributed by atoms with E-state index in [4.69, 9.17) is 4.74 Å². The third-order valence-corrected chi connectivity index (χ3v) is 4.06. The van der Waals surface area contributed by atoms with Crippen LogP contribution in [0.3, 0.4) is 0 Å². The van der Waals surface area contributed by atoms with Gasteiger partial charge in [0.15, 0.2) is 21.3 Å². The predicted octanol–water partition coefficient (Wildman–Crippen LogP) is 3.94. The number of ether oxygens (including phenoxy) is 2. The van der Waals surface area contributed by atoms with Gasteiger partial charge in [0.1, 0.15) is 0 Å². The standard InChI is InChI=1S/C13H9BrF3NO4S/c1-23(19,20)9-3-4-10(22-13(15,16)17)11(6-9)21-12-5-2-8(14)7-18-12/h2-7H,1H3. The molecule has 10 heteroatoms. The Balaban J connectivity index is 2.45. The van der Waals surface area contributed by atoms with E-state index in [1.165, 1.54) is 12.3 Å². The predicted molar refractivity (Wildman–Crippen MR) is 78.2 cm³/mol. The Kier molecular flexibility index (Phi) is 4.85. The molecule has 2 aromatic rings. The van der Waals surface area contributed by atoms with Crippen LogP contribution >= 0.6 is 15.9 Å². The molecule has 5 nitrogen and oxygen atoms in total. The Morgan fingerprint density at radius 1 is 1.13 bits per heavy atom. The van der Waals surface area contributed by atoms with Gasteiger partial charge in [-0.3, -0.25) is 0 Å². The highest BCUT2D eigenvalue weighted by Gasteiger charge is 2.33. The molecule has 0 amide bonds. The summed E-state index contributed by atoms with van der Waals surface area (Å²) in [6.45, 7) is 0. The lowest BCUT2D eigenvalue weighted by Crippen LogP contribution is -2.17. The van der Waals surface area contributed by atoms with Crippen LogP contribution in [0.25, 0.3) is 0 Å². The van der Waals surface area contributed by atoms with Gasteiger partial charge in [0.05, 0.1) is 4.90 Å². The number of nitrogens with zero attached hydrogens (tertiary/aromatic N) is 1. The van der Waals surface area contributed by atoms with Crippen molar-refractivity contribution in [2.24, 2.45) is 0 Å². The van der Waals surface area contributed by atoms with E-state index in [9.17, 15) is 21.6 Å². The van der Waals surface area contributed by atoms with Crippen molar-refractivity contribution in [3.8, 4) is 17.4 Å². The van der Waals surface area contributed by atoms with Crippen LogP contribution in [0.2, 0.25) is 0 Å². The second-order valence-corrected chi connectivity index (χ2v) is 7.28. The highest BCUT2D eigenvalue weighted by molar-refractivity contribution is 9.10. The maximum absolute atomic E-state index is 12.4. The van der Waals surface area contributed by atoms with E-state index in [0.29, 0.717) is 4.47 Å². The third-order valence-electron chi connectivity index (χ3n) is 2.48.